The van der Waals surface area contributed by atoms with Crippen LogP contribution in [0.3, 0.4) is 0 Å². The molecule has 266 valence electrons. The lowest BCUT2D eigenvalue weighted by Crippen LogP contribution is -2.05. The summed E-state index contributed by atoms with van der Waals surface area (Å²) in [4.78, 5) is 0. The molecule has 0 spiro atoms. The van der Waals surface area contributed by atoms with Gasteiger partial charge in [-0.2, -0.15) is 0 Å². The van der Waals surface area contributed by atoms with E-state index in [0.29, 0.717) is 0 Å². The first-order valence-corrected chi connectivity index (χ1v) is 20.7. The van der Waals surface area contributed by atoms with Crippen LogP contribution in [0.25, 0.3) is 16.9 Å². The van der Waals surface area contributed by atoms with Gasteiger partial charge in [0.2, 0.25) is 11.4 Å². The summed E-state index contributed by atoms with van der Waals surface area (Å²) in [5.74, 6) is 0. The Bertz CT molecular complexity index is 1220. The maximum absolute atomic E-state index is 12.1. The molecule has 0 atom stereocenters. The van der Waals surface area contributed by atoms with E-state index in [2.05, 4.69) is 77.1 Å². The Morgan fingerprint density at radius 2 is 0.750 bits per heavy atom. The Kier molecular flexibility index (Phi) is 19.8. The van der Waals surface area contributed by atoms with Crippen molar-refractivity contribution in [3.05, 3.63) is 87.0 Å². The predicted octanol–water partition coefficient (Wildman–Crippen LogP) is 14.9. The van der Waals surface area contributed by atoms with Gasteiger partial charge >= 0.3 is 0 Å². The van der Waals surface area contributed by atoms with E-state index in [0.717, 1.165) is 56.3 Å². The lowest BCUT2D eigenvalue weighted by atomic mass is 9.94. The van der Waals surface area contributed by atoms with Crippen LogP contribution in [0.5, 0.6) is 0 Å². The lowest BCUT2D eigenvalue weighted by Gasteiger charge is -2.15. The van der Waals surface area contributed by atoms with Gasteiger partial charge in [-0.1, -0.05) is 143 Å². The Morgan fingerprint density at radius 1 is 0.396 bits per heavy atom. The van der Waals surface area contributed by atoms with Crippen molar-refractivity contribution in [2.24, 2.45) is 0 Å². The highest BCUT2D eigenvalue weighted by Crippen LogP contribution is 2.39. The number of rotatable bonds is 27. The van der Waals surface area contributed by atoms with E-state index in [1.807, 2.05) is 0 Å². The summed E-state index contributed by atoms with van der Waals surface area (Å²) in [6, 6.07) is 14.5. The molecule has 0 radical (unpaired) electrons. The van der Waals surface area contributed by atoms with Gasteiger partial charge < -0.3 is 5.53 Å². The number of benzene rings is 2. The van der Waals surface area contributed by atoms with Crippen LogP contribution in [0.15, 0.2) is 48.0 Å². The monoisotopic (exact) mass is 653 g/mol. The molecule has 0 amide bonds. The van der Waals surface area contributed by atoms with Gasteiger partial charge in [-0.3, -0.25) is 0 Å². The van der Waals surface area contributed by atoms with Crippen molar-refractivity contribution in [1.29, 1.82) is 0 Å². The molecule has 1 aliphatic rings. The third-order valence-corrected chi connectivity index (χ3v) is 10.3. The zero-order valence-electron chi connectivity index (χ0n) is 32.1. The summed E-state index contributed by atoms with van der Waals surface area (Å²) >= 11 is 0. The molecule has 0 aliphatic carbocycles. The van der Waals surface area contributed by atoms with Crippen molar-refractivity contribution in [3.63, 3.8) is 0 Å². The summed E-state index contributed by atoms with van der Waals surface area (Å²) in [5, 5.41) is 0. The van der Waals surface area contributed by atoms with Crippen LogP contribution >= 0.6 is 0 Å². The number of nitrogens with zero attached hydrogens (tertiary/aromatic N) is 2. The smallest absolute Gasteiger partial charge is 0.210 e. The van der Waals surface area contributed by atoms with Crippen LogP contribution in [0.4, 0.5) is 0 Å². The molecule has 0 N–H and O–H groups in total. The molecule has 48 heavy (non-hydrogen) atoms. The zero-order chi connectivity index (χ0) is 34.4. The summed E-state index contributed by atoms with van der Waals surface area (Å²) in [6.45, 7) is 11.4. The predicted molar refractivity (Wildman–Crippen MR) is 212 cm³/mol. The lowest BCUT2D eigenvalue weighted by molar-refractivity contribution is -0.344. The van der Waals surface area contributed by atoms with Crippen molar-refractivity contribution >= 4 is 11.4 Å². The highest BCUT2D eigenvalue weighted by atomic mass is 15.2. The Labute approximate surface area is 297 Å². The van der Waals surface area contributed by atoms with E-state index in [9.17, 15) is 5.53 Å². The Morgan fingerprint density at radius 3 is 1.19 bits per heavy atom. The standard InChI is InChI=1S/C46H72N2/c1-6-11-16-18-20-24-28-40-32-41(29-25-21-19-17-12-7-2)36-44(35-40)46-42(30-15-10-5)37-45(48(46)47)43-33-38(26-22-13-8-3)31-39(34-43)27-23-14-9-4/h31-37H,6-30H2,1-5H3. The molecule has 2 aromatic rings. The van der Waals surface area contributed by atoms with E-state index in [1.165, 1.54) is 155 Å². The molecule has 0 unspecified atom stereocenters. The quantitative estimate of drug-likeness (QED) is 0.0678. The van der Waals surface area contributed by atoms with E-state index in [-0.39, 0.29) is 0 Å². The van der Waals surface area contributed by atoms with E-state index < -0.39 is 0 Å². The summed E-state index contributed by atoms with van der Waals surface area (Å²) in [7, 11) is 0. The van der Waals surface area contributed by atoms with E-state index in [1.54, 1.807) is 4.70 Å². The van der Waals surface area contributed by atoms with Gasteiger partial charge in [-0.15, -0.1) is 0 Å². The molecular weight excluding hydrogens is 581 g/mol. The molecule has 3 rings (SSSR count). The second kappa shape index (κ2) is 23.8. The van der Waals surface area contributed by atoms with Crippen molar-refractivity contribution in [3.8, 4) is 0 Å². The Hall–Kier alpha value is -2.48. The molecule has 0 saturated heterocycles. The number of allylic oxidation sites excluding steroid dienone is 2. The fourth-order valence-corrected chi connectivity index (χ4v) is 7.39. The normalized spacial score (nSPS) is 13.2. The number of hydrogen-bond donors (Lipinski definition) is 0. The number of hydrogen-bond acceptors (Lipinski definition) is 0. The minimum absolute atomic E-state index is 0.962. The van der Waals surface area contributed by atoms with Gasteiger partial charge in [-0.25, -0.2) is 4.70 Å². The molecule has 0 saturated carbocycles. The maximum atomic E-state index is 12.1. The molecule has 0 aromatic heterocycles. The number of aryl methyl sites for hydroxylation is 4. The molecule has 2 nitrogen and oxygen atoms in total. The van der Waals surface area contributed by atoms with Crippen molar-refractivity contribution in [2.75, 3.05) is 0 Å². The highest BCUT2D eigenvalue weighted by molar-refractivity contribution is 5.79. The topological polar surface area (TPSA) is 25.3 Å². The molecule has 2 aromatic carbocycles. The minimum Gasteiger partial charge on any atom is -0.493 e. The van der Waals surface area contributed by atoms with Crippen LogP contribution < -0.4 is 0 Å². The van der Waals surface area contributed by atoms with Crippen LogP contribution in [-0.2, 0) is 25.7 Å². The highest BCUT2D eigenvalue weighted by Gasteiger charge is 2.29. The first-order valence-electron chi connectivity index (χ1n) is 20.7. The van der Waals surface area contributed by atoms with Crippen molar-refractivity contribution in [2.45, 2.75) is 195 Å². The van der Waals surface area contributed by atoms with Gasteiger partial charge in [0.05, 0.1) is 0 Å². The van der Waals surface area contributed by atoms with Crippen molar-refractivity contribution < 1.29 is 4.70 Å². The van der Waals surface area contributed by atoms with E-state index in [4.69, 9.17) is 0 Å². The second-order valence-electron chi connectivity index (χ2n) is 14.8. The first kappa shape index (κ1) is 40.0. The van der Waals surface area contributed by atoms with Gasteiger partial charge in [0.1, 0.15) is 0 Å². The summed E-state index contributed by atoms with van der Waals surface area (Å²) in [5.41, 5.74) is 23.5. The maximum Gasteiger partial charge on any atom is 0.210 e. The molecule has 0 fully saturated rings. The molecule has 1 heterocycles. The molecule has 0 bridgehead atoms. The average Bonchev–Trinajstić information content (AvgIpc) is 3.42. The van der Waals surface area contributed by atoms with Crippen LogP contribution in [0, 0.1) is 0 Å². The van der Waals surface area contributed by atoms with Gasteiger partial charge in [0, 0.05) is 22.8 Å². The van der Waals surface area contributed by atoms with E-state index >= 15 is 0 Å². The summed E-state index contributed by atoms with van der Waals surface area (Å²) in [6.07, 6.45) is 33.5. The summed E-state index contributed by atoms with van der Waals surface area (Å²) < 4.78 is 1.57. The second-order valence-corrected chi connectivity index (χ2v) is 14.8. The van der Waals surface area contributed by atoms with Gasteiger partial charge in [0.15, 0.2) is 0 Å². The third-order valence-electron chi connectivity index (χ3n) is 10.3. The van der Waals surface area contributed by atoms with Crippen LogP contribution in [-0.4, -0.2) is 4.70 Å². The fourth-order valence-electron chi connectivity index (χ4n) is 7.39. The molecule has 2 heteroatoms. The van der Waals surface area contributed by atoms with Gasteiger partial charge in [-0.05, 0) is 111 Å². The van der Waals surface area contributed by atoms with Gasteiger partial charge in [0.25, 0.3) is 0 Å². The van der Waals surface area contributed by atoms with Crippen molar-refractivity contribution in [1.82, 2.24) is 0 Å². The SMILES string of the molecule is CCCCCCCCc1cc(CCCCCCCC)cc(C2=C(CCCC)C=C(c3cc(CCCCC)cc(CCCCC)c3)[N+]2=[N-])c1. The first-order chi connectivity index (χ1) is 23.5. The molecule has 1 aliphatic heterocycles. The van der Waals surface area contributed by atoms with Crippen LogP contribution in [0.2, 0.25) is 0 Å². The zero-order valence-corrected chi connectivity index (χ0v) is 32.1. The number of unbranched alkanes of at least 4 members (excludes halogenated alkanes) is 15. The molecular formula is C46H72N2. The Balaban J connectivity index is 1.93. The fraction of sp³-hybridized carbons (Fsp3) is 0.652. The average molecular weight is 653 g/mol. The van der Waals surface area contributed by atoms with Crippen LogP contribution in [0.1, 0.15) is 203 Å². The largest absolute Gasteiger partial charge is 0.493 e. The third kappa shape index (κ3) is 13.8. The minimum atomic E-state index is 0.962.